The molecule has 0 amide bonds. The van der Waals surface area contributed by atoms with Crippen molar-refractivity contribution in [3.63, 3.8) is 0 Å². The number of thiazole rings is 1. The molecule has 0 saturated carbocycles. The fourth-order valence-electron chi connectivity index (χ4n) is 1.80. The topological polar surface area (TPSA) is 36.4 Å². The second-order valence-corrected chi connectivity index (χ2v) is 5.07. The molecular weight excluding hydrogens is 196 g/mol. The van der Waals surface area contributed by atoms with Crippen LogP contribution in [0, 0.1) is 12.8 Å². The molecule has 1 fully saturated rings. The van der Waals surface area contributed by atoms with E-state index in [1.165, 1.54) is 6.42 Å². The van der Waals surface area contributed by atoms with Gasteiger partial charge in [0.05, 0.1) is 17.2 Å². The van der Waals surface area contributed by atoms with Gasteiger partial charge in [0.1, 0.15) is 0 Å². The highest BCUT2D eigenvalue weighted by molar-refractivity contribution is 7.15. The molecule has 0 spiro atoms. The number of hydrogen-bond acceptors (Lipinski definition) is 4. The maximum atomic E-state index is 9.08. The third-order valence-electron chi connectivity index (χ3n) is 2.72. The van der Waals surface area contributed by atoms with Crippen LogP contribution in [-0.4, -0.2) is 23.2 Å². The zero-order valence-electron chi connectivity index (χ0n) is 8.66. The number of aromatic nitrogens is 1. The first kappa shape index (κ1) is 9.93. The molecule has 14 heavy (non-hydrogen) atoms. The van der Waals surface area contributed by atoms with Gasteiger partial charge in [-0.15, -0.1) is 0 Å². The van der Waals surface area contributed by atoms with Crippen molar-refractivity contribution in [1.29, 1.82) is 0 Å². The van der Waals surface area contributed by atoms with Crippen LogP contribution in [-0.2, 0) is 6.61 Å². The second kappa shape index (κ2) is 3.87. The van der Waals surface area contributed by atoms with Crippen molar-refractivity contribution in [1.82, 2.24) is 4.98 Å². The van der Waals surface area contributed by atoms with E-state index in [-0.39, 0.29) is 6.61 Å². The average Bonchev–Trinajstić information content (AvgIpc) is 2.71. The molecule has 1 aliphatic heterocycles. The molecule has 78 valence electrons. The molecule has 1 N–H and O–H groups in total. The molecule has 1 aromatic heterocycles. The molecule has 4 heteroatoms. The van der Waals surface area contributed by atoms with Crippen molar-refractivity contribution in [2.45, 2.75) is 26.9 Å². The van der Waals surface area contributed by atoms with Crippen molar-refractivity contribution >= 4 is 16.5 Å². The Kier molecular flexibility index (Phi) is 2.74. The predicted octanol–water partition coefficient (Wildman–Crippen LogP) is 1.79. The van der Waals surface area contributed by atoms with E-state index in [0.29, 0.717) is 0 Å². The molecular formula is C10H16N2OS. The van der Waals surface area contributed by atoms with Gasteiger partial charge in [-0.1, -0.05) is 18.3 Å². The van der Waals surface area contributed by atoms with Crippen molar-refractivity contribution < 1.29 is 5.11 Å². The van der Waals surface area contributed by atoms with E-state index in [4.69, 9.17) is 5.11 Å². The van der Waals surface area contributed by atoms with Crippen LogP contribution in [0.3, 0.4) is 0 Å². The molecule has 0 aromatic carbocycles. The summed E-state index contributed by atoms with van der Waals surface area (Å²) in [6.45, 7) is 6.57. The number of aliphatic hydroxyl groups excluding tert-OH is 1. The van der Waals surface area contributed by atoms with Crippen molar-refractivity contribution in [3.05, 3.63) is 10.6 Å². The van der Waals surface area contributed by atoms with E-state index in [1.54, 1.807) is 11.3 Å². The van der Waals surface area contributed by atoms with Gasteiger partial charge in [0.15, 0.2) is 5.13 Å². The van der Waals surface area contributed by atoms with E-state index >= 15 is 0 Å². The van der Waals surface area contributed by atoms with Crippen LogP contribution < -0.4 is 4.90 Å². The van der Waals surface area contributed by atoms with E-state index in [0.717, 1.165) is 34.7 Å². The average molecular weight is 212 g/mol. The second-order valence-electron chi connectivity index (χ2n) is 4.00. The SMILES string of the molecule is Cc1nc(N2CCC(C)C2)sc1CO. The van der Waals surface area contributed by atoms with Gasteiger partial charge in [-0.25, -0.2) is 4.98 Å². The van der Waals surface area contributed by atoms with Gasteiger partial charge in [-0.05, 0) is 19.3 Å². The number of rotatable bonds is 2. The minimum Gasteiger partial charge on any atom is -0.391 e. The van der Waals surface area contributed by atoms with Crippen LogP contribution in [0.2, 0.25) is 0 Å². The molecule has 1 saturated heterocycles. The van der Waals surface area contributed by atoms with Crippen LogP contribution in [0.25, 0.3) is 0 Å². The lowest BCUT2D eigenvalue weighted by atomic mass is 10.2. The lowest BCUT2D eigenvalue weighted by Crippen LogP contribution is -2.18. The fourth-order valence-corrected chi connectivity index (χ4v) is 2.76. The van der Waals surface area contributed by atoms with E-state index < -0.39 is 0 Å². The first-order valence-electron chi connectivity index (χ1n) is 5.03. The predicted molar refractivity (Wildman–Crippen MR) is 58.8 cm³/mol. The minimum atomic E-state index is 0.118. The molecule has 1 unspecified atom stereocenters. The van der Waals surface area contributed by atoms with Crippen LogP contribution in [0.15, 0.2) is 0 Å². The quantitative estimate of drug-likeness (QED) is 0.812. The Morgan fingerprint density at radius 3 is 2.93 bits per heavy atom. The number of nitrogens with zero attached hydrogens (tertiary/aromatic N) is 2. The Hall–Kier alpha value is -0.610. The highest BCUT2D eigenvalue weighted by Gasteiger charge is 2.21. The summed E-state index contributed by atoms with van der Waals surface area (Å²) < 4.78 is 0. The lowest BCUT2D eigenvalue weighted by Gasteiger charge is -2.13. The third-order valence-corrected chi connectivity index (χ3v) is 3.92. The highest BCUT2D eigenvalue weighted by Crippen LogP contribution is 2.29. The monoisotopic (exact) mass is 212 g/mol. The maximum absolute atomic E-state index is 9.08. The zero-order valence-corrected chi connectivity index (χ0v) is 9.47. The smallest absolute Gasteiger partial charge is 0.185 e. The number of hydrogen-bond donors (Lipinski definition) is 1. The number of anilines is 1. The van der Waals surface area contributed by atoms with Gasteiger partial charge in [0.25, 0.3) is 0 Å². The molecule has 1 aliphatic rings. The minimum absolute atomic E-state index is 0.118. The fraction of sp³-hybridized carbons (Fsp3) is 0.700. The Morgan fingerprint density at radius 2 is 2.43 bits per heavy atom. The van der Waals surface area contributed by atoms with Crippen LogP contribution >= 0.6 is 11.3 Å². The summed E-state index contributed by atoms with van der Waals surface area (Å²) in [6, 6.07) is 0. The van der Waals surface area contributed by atoms with Gasteiger partial charge in [-0.3, -0.25) is 0 Å². The number of aliphatic hydroxyl groups is 1. The summed E-state index contributed by atoms with van der Waals surface area (Å²) in [5, 5.41) is 10.2. The normalized spacial score (nSPS) is 21.9. The Bertz CT molecular complexity index is 324. The van der Waals surface area contributed by atoms with Crippen LogP contribution in [0.5, 0.6) is 0 Å². The zero-order chi connectivity index (χ0) is 10.1. The van der Waals surface area contributed by atoms with E-state index in [2.05, 4.69) is 16.8 Å². The number of aryl methyl sites for hydroxylation is 1. The van der Waals surface area contributed by atoms with Gasteiger partial charge in [-0.2, -0.15) is 0 Å². The molecule has 1 atom stereocenters. The Morgan fingerprint density at radius 1 is 1.64 bits per heavy atom. The molecule has 2 rings (SSSR count). The first-order chi connectivity index (χ1) is 6.70. The van der Waals surface area contributed by atoms with Crippen LogP contribution in [0.1, 0.15) is 23.9 Å². The van der Waals surface area contributed by atoms with Gasteiger partial charge < -0.3 is 10.0 Å². The van der Waals surface area contributed by atoms with Crippen molar-refractivity contribution in [3.8, 4) is 0 Å². The summed E-state index contributed by atoms with van der Waals surface area (Å²) in [6.07, 6.45) is 1.26. The maximum Gasteiger partial charge on any atom is 0.185 e. The Labute approximate surface area is 88.4 Å². The van der Waals surface area contributed by atoms with Crippen LogP contribution in [0.4, 0.5) is 5.13 Å². The molecule has 0 aliphatic carbocycles. The third kappa shape index (κ3) is 1.77. The van der Waals surface area contributed by atoms with Gasteiger partial charge in [0.2, 0.25) is 0 Å². The summed E-state index contributed by atoms with van der Waals surface area (Å²) in [5.41, 5.74) is 0.979. The first-order valence-corrected chi connectivity index (χ1v) is 5.84. The van der Waals surface area contributed by atoms with Crippen molar-refractivity contribution in [2.24, 2.45) is 5.92 Å². The van der Waals surface area contributed by atoms with Gasteiger partial charge in [0, 0.05) is 13.1 Å². The van der Waals surface area contributed by atoms with E-state index in [9.17, 15) is 0 Å². The molecule has 1 aromatic rings. The van der Waals surface area contributed by atoms with Crippen molar-refractivity contribution in [2.75, 3.05) is 18.0 Å². The Balaban J connectivity index is 2.16. The van der Waals surface area contributed by atoms with E-state index in [1.807, 2.05) is 6.92 Å². The standard InChI is InChI=1S/C10H16N2OS/c1-7-3-4-12(5-7)10-11-8(2)9(6-13)14-10/h7,13H,3-6H2,1-2H3. The molecule has 3 nitrogen and oxygen atoms in total. The van der Waals surface area contributed by atoms with Gasteiger partial charge >= 0.3 is 0 Å². The lowest BCUT2D eigenvalue weighted by molar-refractivity contribution is 0.284. The summed E-state index contributed by atoms with van der Waals surface area (Å²) in [7, 11) is 0. The summed E-state index contributed by atoms with van der Waals surface area (Å²) >= 11 is 1.62. The summed E-state index contributed by atoms with van der Waals surface area (Å²) in [5.74, 6) is 0.775. The molecule has 0 bridgehead atoms. The molecule has 0 radical (unpaired) electrons. The molecule has 2 heterocycles. The highest BCUT2D eigenvalue weighted by atomic mass is 32.1. The largest absolute Gasteiger partial charge is 0.391 e. The summed E-state index contributed by atoms with van der Waals surface area (Å²) in [4.78, 5) is 7.80.